The Bertz CT molecular complexity index is 965. The van der Waals surface area contributed by atoms with Crippen LogP contribution in [0.3, 0.4) is 0 Å². The molecule has 0 bridgehead atoms. The molecule has 6 nitrogen and oxygen atoms in total. The number of carbonyl (C=O) groups is 2. The number of hydrogen-bond donors (Lipinski definition) is 1. The van der Waals surface area contributed by atoms with Crippen LogP contribution in [0.2, 0.25) is 5.02 Å². The zero-order valence-electron chi connectivity index (χ0n) is 13.7. The monoisotopic (exact) mass is 371 g/mol. The van der Waals surface area contributed by atoms with Gasteiger partial charge >= 0.3 is 11.9 Å². The van der Waals surface area contributed by atoms with Gasteiger partial charge in [-0.05, 0) is 17.7 Å². The lowest BCUT2D eigenvalue weighted by Gasteiger charge is -2.05. The molecule has 132 valence electrons. The average molecular weight is 372 g/mol. The van der Waals surface area contributed by atoms with Crippen molar-refractivity contribution in [2.45, 2.75) is 6.42 Å². The van der Waals surface area contributed by atoms with Gasteiger partial charge in [-0.3, -0.25) is 4.79 Å². The predicted molar refractivity (Wildman–Crippen MR) is 95.1 cm³/mol. The van der Waals surface area contributed by atoms with E-state index in [1.165, 1.54) is 7.11 Å². The van der Waals surface area contributed by atoms with Gasteiger partial charge in [-0.1, -0.05) is 53.2 Å². The van der Waals surface area contributed by atoms with Crippen LogP contribution in [0.15, 0.2) is 53.1 Å². The normalized spacial score (nSPS) is 10.5. The van der Waals surface area contributed by atoms with Gasteiger partial charge in [0, 0.05) is 11.1 Å². The van der Waals surface area contributed by atoms with E-state index in [1.807, 2.05) is 6.07 Å². The first-order valence-corrected chi connectivity index (χ1v) is 8.03. The van der Waals surface area contributed by atoms with Crippen molar-refractivity contribution in [3.63, 3.8) is 0 Å². The summed E-state index contributed by atoms with van der Waals surface area (Å²) in [7, 11) is 1.30. The van der Waals surface area contributed by atoms with E-state index in [2.05, 4.69) is 9.89 Å². The Morgan fingerprint density at radius 1 is 1.19 bits per heavy atom. The third-order valence-corrected chi connectivity index (χ3v) is 4.12. The third-order valence-electron chi connectivity index (χ3n) is 3.81. The van der Waals surface area contributed by atoms with Crippen molar-refractivity contribution in [1.29, 1.82) is 0 Å². The Labute approximate surface area is 154 Å². The van der Waals surface area contributed by atoms with Gasteiger partial charge in [0.05, 0.1) is 18.6 Å². The Hall–Kier alpha value is -3.12. The lowest BCUT2D eigenvalue weighted by molar-refractivity contribution is -0.139. The molecule has 1 aromatic heterocycles. The molecular weight excluding hydrogens is 358 g/mol. The number of aromatic carboxylic acids is 1. The quantitative estimate of drug-likeness (QED) is 0.680. The standard InChI is InChI=1S/C19H14ClNO5/c1-25-15(22)10-11-7-8-13(14(20)9-11)18-16(19(23)24)17(21-26-18)12-5-3-2-4-6-12/h2-9H,10H2,1H3,(H,23,24). The third kappa shape index (κ3) is 3.45. The smallest absolute Gasteiger partial charge is 0.342 e. The Morgan fingerprint density at radius 3 is 2.54 bits per heavy atom. The molecule has 3 aromatic rings. The highest BCUT2D eigenvalue weighted by molar-refractivity contribution is 6.33. The molecule has 0 atom stereocenters. The molecule has 0 aliphatic heterocycles. The van der Waals surface area contributed by atoms with E-state index in [0.29, 0.717) is 16.7 Å². The number of carbonyl (C=O) groups excluding carboxylic acids is 1. The van der Waals surface area contributed by atoms with E-state index in [1.54, 1.807) is 42.5 Å². The van der Waals surface area contributed by atoms with Gasteiger partial charge in [0.1, 0.15) is 11.3 Å². The van der Waals surface area contributed by atoms with E-state index in [-0.39, 0.29) is 28.5 Å². The zero-order chi connectivity index (χ0) is 18.7. The van der Waals surface area contributed by atoms with E-state index < -0.39 is 11.9 Å². The zero-order valence-corrected chi connectivity index (χ0v) is 14.5. The molecule has 0 aliphatic carbocycles. The molecule has 1 heterocycles. The maximum atomic E-state index is 11.8. The maximum absolute atomic E-state index is 11.8. The van der Waals surface area contributed by atoms with Gasteiger partial charge in [-0.15, -0.1) is 0 Å². The number of ether oxygens (including phenoxy) is 1. The number of methoxy groups -OCH3 is 1. The number of carboxylic acid groups (broad SMARTS) is 1. The van der Waals surface area contributed by atoms with Crippen molar-refractivity contribution < 1.29 is 24.0 Å². The fourth-order valence-corrected chi connectivity index (χ4v) is 2.85. The lowest BCUT2D eigenvalue weighted by Crippen LogP contribution is -2.04. The summed E-state index contributed by atoms with van der Waals surface area (Å²) in [6.45, 7) is 0. The summed E-state index contributed by atoms with van der Waals surface area (Å²) >= 11 is 6.29. The highest BCUT2D eigenvalue weighted by atomic mass is 35.5. The predicted octanol–water partition coefficient (Wildman–Crippen LogP) is 4.08. The first-order chi connectivity index (χ1) is 12.5. The SMILES string of the molecule is COC(=O)Cc1ccc(-c2onc(-c3ccccc3)c2C(=O)O)c(Cl)c1. The van der Waals surface area contributed by atoms with Gasteiger partial charge in [0.25, 0.3) is 0 Å². The molecule has 0 saturated heterocycles. The molecule has 1 N–H and O–H groups in total. The molecule has 7 heteroatoms. The van der Waals surface area contributed by atoms with Gasteiger partial charge in [0.2, 0.25) is 0 Å². The van der Waals surface area contributed by atoms with E-state index >= 15 is 0 Å². The summed E-state index contributed by atoms with van der Waals surface area (Å²) in [6, 6.07) is 13.7. The minimum atomic E-state index is -1.17. The fraction of sp³-hybridized carbons (Fsp3) is 0.105. The minimum absolute atomic E-state index is 0.0611. The lowest BCUT2D eigenvalue weighted by atomic mass is 10.0. The summed E-state index contributed by atoms with van der Waals surface area (Å²) in [4.78, 5) is 23.2. The Balaban J connectivity index is 2.06. The second kappa shape index (κ2) is 7.41. The topological polar surface area (TPSA) is 89.6 Å². The minimum Gasteiger partial charge on any atom is -0.477 e. The highest BCUT2D eigenvalue weighted by Crippen LogP contribution is 2.36. The summed E-state index contributed by atoms with van der Waals surface area (Å²) < 4.78 is 9.94. The van der Waals surface area contributed by atoms with Crippen molar-refractivity contribution in [3.05, 3.63) is 64.7 Å². The van der Waals surface area contributed by atoms with Crippen molar-refractivity contribution in [1.82, 2.24) is 5.16 Å². The molecule has 0 saturated carbocycles. The van der Waals surface area contributed by atoms with Crippen LogP contribution in [0.25, 0.3) is 22.6 Å². The Kier molecular flexibility index (Phi) is 5.04. The van der Waals surface area contributed by atoms with Crippen LogP contribution in [0.4, 0.5) is 0 Å². The molecular formula is C19H14ClNO5. The van der Waals surface area contributed by atoms with Crippen LogP contribution in [0.1, 0.15) is 15.9 Å². The largest absolute Gasteiger partial charge is 0.477 e. The molecule has 3 rings (SSSR count). The summed E-state index contributed by atoms with van der Waals surface area (Å²) in [5.74, 6) is -1.51. The first kappa shape index (κ1) is 17.7. The molecule has 0 aliphatic rings. The number of halogens is 1. The van der Waals surface area contributed by atoms with Crippen molar-refractivity contribution >= 4 is 23.5 Å². The average Bonchev–Trinajstić information content (AvgIpc) is 3.07. The van der Waals surface area contributed by atoms with Gasteiger partial charge in [0.15, 0.2) is 5.76 Å². The number of carboxylic acids is 1. The van der Waals surface area contributed by atoms with Crippen LogP contribution >= 0.6 is 11.6 Å². The second-order valence-electron chi connectivity index (χ2n) is 5.47. The van der Waals surface area contributed by atoms with Crippen LogP contribution in [-0.2, 0) is 16.0 Å². The number of benzene rings is 2. The second-order valence-corrected chi connectivity index (χ2v) is 5.88. The van der Waals surface area contributed by atoms with E-state index in [4.69, 9.17) is 16.1 Å². The van der Waals surface area contributed by atoms with Crippen molar-refractivity contribution in [3.8, 4) is 22.6 Å². The number of esters is 1. The Morgan fingerprint density at radius 2 is 1.92 bits per heavy atom. The number of rotatable bonds is 5. The molecule has 2 aromatic carbocycles. The summed E-state index contributed by atoms with van der Waals surface area (Å²) in [5.41, 5.74) is 1.80. The van der Waals surface area contributed by atoms with Gasteiger partial charge in [-0.2, -0.15) is 0 Å². The fourth-order valence-electron chi connectivity index (χ4n) is 2.56. The molecule has 0 spiro atoms. The van der Waals surface area contributed by atoms with Crippen LogP contribution < -0.4 is 0 Å². The highest BCUT2D eigenvalue weighted by Gasteiger charge is 2.26. The molecule has 0 amide bonds. The maximum Gasteiger partial charge on any atom is 0.342 e. The van der Waals surface area contributed by atoms with Crippen LogP contribution in [0, 0.1) is 0 Å². The van der Waals surface area contributed by atoms with E-state index in [0.717, 1.165) is 0 Å². The number of nitrogens with zero attached hydrogens (tertiary/aromatic N) is 1. The van der Waals surface area contributed by atoms with Crippen molar-refractivity contribution in [2.75, 3.05) is 7.11 Å². The van der Waals surface area contributed by atoms with Crippen molar-refractivity contribution in [2.24, 2.45) is 0 Å². The first-order valence-electron chi connectivity index (χ1n) is 7.65. The van der Waals surface area contributed by atoms with Crippen LogP contribution in [0.5, 0.6) is 0 Å². The van der Waals surface area contributed by atoms with E-state index in [9.17, 15) is 14.7 Å². The molecule has 0 fully saturated rings. The molecule has 0 unspecified atom stereocenters. The summed E-state index contributed by atoms with van der Waals surface area (Å²) in [5, 5.41) is 13.8. The van der Waals surface area contributed by atoms with Gasteiger partial charge in [-0.25, -0.2) is 4.79 Å². The van der Waals surface area contributed by atoms with Gasteiger partial charge < -0.3 is 14.4 Å². The number of hydrogen-bond acceptors (Lipinski definition) is 5. The molecule has 26 heavy (non-hydrogen) atoms. The van der Waals surface area contributed by atoms with Crippen LogP contribution in [-0.4, -0.2) is 29.3 Å². The summed E-state index contributed by atoms with van der Waals surface area (Å²) in [6.07, 6.45) is 0.0635. The molecule has 0 radical (unpaired) electrons. The number of aromatic nitrogens is 1.